The maximum absolute atomic E-state index is 6.06. The monoisotopic (exact) mass is 457 g/mol. The minimum absolute atomic E-state index is 0.113. The van der Waals surface area contributed by atoms with E-state index in [1.807, 2.05) is 24.0 Å². The van der Waals surface area contributed by atoms with Crippen LogP contribution >= 0.6 is 0 Å². The van der Waals surface area contributed by atoms with Gasteiger partial charge < -0.3 is 23.9 Å². The molecule has 7 nitrogen and oxygen atoms in total. The van der Waals surface area contributed by atoms with Gasteiger partial charge in [-0.05, 0) is 50.0 Å². The van der Waals surface area contributed by atoms with Gasteiger partial charge in [0.05, 0.1) is 37.4 Å². The first-order valence-corrected chi connectivity index (χ1v) is 12.2. The van der Waals surface area contributed by atoms with Gasteiger partial charge in [-0.2, -0.15) is 0 Å². The molecule has 0 bridgehead atoms. The molecule has 1 aliphatic carbocycles. The first-order chi connectivity index (χ1) is 16.7. The number of para-hydroxylation sites is 1. The normalized spacial score (nSPS) is 27.4. The molecule has 0 saturated carbocycles. The summed E-state index contributed by atoms with van der Waals surface area (Å²) in [4.78, 5) is 15.3. The highest BCUT2D eigenvalue weighted by Crippen LogP contribution is 2.35. The zero-order chi connectivity index (χ0) is 23.1. The molecule has 0 N–H and O–H groups in total. The molecule has 7 heteroatoms. The Morgan fingerprint density at radius 3 is 2.85 bits per heavy atom. The lowest BCUT2D eigenvalue weighted by molar-refractivity contribution is 0.00679. The van der Waals surface area contributed by atoms with E-state index < -0.39 is 0 Å². The molecule has 1 aromatic heterocycles. The average molecular weight is 458 g/mol. The molecule has 34 heavy (non-hydrogen) atoms. The van der Waals surface area contributed by atoms with Gasteiger partial charge in [-0.1, -0.05) is 35.5 Å². The number of methoxy groups -OCH3 is 1. The molecule has 0 spiro atoms. The Labute approximate surface area is 200 Å². The minimum Gasteiger partial charge on any atom is -0.495 e. The van der Waals surface area contributed by atoms with Gasteiger partial charge in [0.2, 0.25) is 0 Å². The van der Waals surface area contributed by atoms with Crippen molar-refractivity contribution in [1.29, 1.82) is 0 Å². The van der Waals surface area contributed by atoms with E-state index in [4.69, 9.17) is 9.57 Å². The Kier molecular flexibility index (Phi) is 5.40. The third-order valence-corrected chi connectivity index (χ3v) is 7.26. The summed E-state index contributed by atoms with van der Waals surface area (Å²) in [5.41, 5.74) is 4.59. The van der Waals surface area contributed by atoms with Crippen molar-refractivity contribution in [3.05, 3.63) is 78.1 Å². The molecule has 0 amide bonds. The molecule has 3 atom stereocenters. The van der Waals surface area contributed by atoms with E-state index in [-0.39, 0.29) is 12.0 Å². The second-order valence-electron chi connectivity index (χ2n) is 9.50. The highest BCUT2D eigenvalue weighted by molar-refractivity contribution is 5.99. The van der Waals surface area contributed by atoms with Crippen molar-refractivity contribution in [2.45, 2.75) is 38.3 Å². The summed E-state index contributed by atoms with van der Waals surface area (Å²) in [6.07, 6.45) is 13.9. The Bertz CT molecular complexity index is 1180. The summed E-state index contributed by atoms with van der Waals surface area (Å²) < 4.78 is 7.78. The van der Waals surface area contributed by atoms with E-state index in [1.165, 1.54) is 11.3 Å². The van der Waals surface area contributed by atoms with Crippen molar-refractivity contribution in [2.24, 2.45) is 11.1 Å². The number of benzene rings is 1. The Hall–Kier alpha value is -3.48. The number of aryl methyl sites for hydroxylation is 1. The van der Waals surface area contributed by atoms with E-state index in [2.05, 4.69) is 68.5 Å². The third kappa shape index (κ3) is 3.79. The summed E-state index contributed by atoms with van der Waals surface area (Å²) in [6.45, 7) is 4.88. The van der Waals surface area contributed by atoms with Crippen molar-refractivity contribution in [3.63, 3.8) is 0 Å². The summed E-state index contributed by atoms with van der Waals surface area (Å²) in [5.74, 6) is 2.17. The highest BCUT2D eigenvalue weighted by Gasteiger charge is 2.44. The van der Waals surface area contributed by atoms with Crippen LogP contribution in [0.2, 0.25) is 0 Å². The van der Waals surface area contributed by atoms with Gasteiger partial charge in [-0.25, -0.2) is 4.98 Å². The maximum Gasteiger partial charge on any atom is 0.171 e. The number of piperidine rings is 1. The number of imidazole rings is 1. The predicted molar refractivity (Wildman–Crippen MR) is 133 cm³/mol. The molecule has 0 radical (unpaired) electrons. The molecule has 2 aromatic rings. The van der Waals surface area contributed by atoms with E-state index in [1.54, 1.807) is 7.11 Å². The molecule has 3 aliphatic heterocycles. The van der Waals surface area contributed by atoms with Crippen LogP contribution in [0.1, 0.15) is 25.0 Å². The van der Waals surface area contributed by atoms with Crippen LogP contribution in [-0.4, -0.2) is 59.2 Å². The van der Waals surface area contributed by atoms with E-state index in [0.29, 0.717) is 6.04 Å². The number of aromatic nitrogens is 2. The van der Waals surface area contributed by atoms with Gasteiger partial charge in [-0.3, -0.25) is 0 Å². The van der Waals surface area contributed by atoms with Gasteiger partial charge in [-0.15, -0.1) is 0 Å². The number of amidine groups is 1. The quantitative estimate of drug-likeness (QED) is 0.689. The van der Waals surface area contributed by atoms with E-state index >= 15 is 0 Å². The molecule has 4 heterocycles. The van der Waals surface area contributed by atoms with Crippen molar-refractivity contribution in [2.75, 3.05) is 31.6 Å². The summed E-state index contributed by atoms with van der Waals surface area (Å²) in [7, 11) is 1.74. The van der Waals surface area contributed by atoms with Crippen LogP contribution < -0.4 is 4.90 Å². The molecule has 176 valence electrons. The van der Waals surface area contributed by atoms with Crippen LogP contribution in [0.3, 0.4) is 0 Å². The van der Waals surface area contributed by atoms with Crippen LogP contribution in [0, 0.1) is 12.8 Å². The Morgan fingerprint density at radius 2 is 2.06 bits per heavy atom. The van der Waals surface area contributed by atoms with Gasteiger partial charge in [0.25, 0.3) is 0 Å². The molecule has 3 unspecified atom stereocenters. The van der Waals surface area contributed by atoms with Crippen molar-refractivity contribution < 1.29 is 9.57 Å². The molecule has 2 fully saturated rings. The van der Waals surface area contributed by atoms with Gasteiger partial charge in [0.1, 0.15) is 5.76 Å². The number of fused-ring (bicyclic) bond motifs is 3. The largest absolute Gasteiger partial charge is 0.495 e. The number of nitrogens with zero attached hydrogens (tertiary/aromatic N) is 5. The molecule has 2 saturated heterocycles. The fourth-order valence-electron chi connectivity index (χ4n) is 5.59. The molecule has 4 aliphatic rings. The average Bonchev–Trinajstić information content (AvgIpc) is 3.51. The Balaban J connectivity index is 1.21. The zero-order valence-electron chi connectivity index (χ0n) is 19.8. The predicted octanol–water partition coefficient (Wildman–Crippen LogP) is 4.21. The SMILES string of the molecule is COC1=CC(C=C2CCCN3C2=NOC2CN(c4ccccc4)CC23)CC=C1n1cnc(C)c1. The second kappa shape index (κ2) is 8.70. The number of rotatable bonds is 4. The van der Waals surface area contributed by atoms with Gasteiger partial charge in [0, 0.05) is 30.9 Å². The fraction of sp³-hybridized carbons (Fsp3) is 0.407. The summed E-state index contributed by atoms with van der Waals surface area (Å²) in [6, 6.07) is 11.0. The molecular weight excluding hydrogens is 426 g/mol. The third-order valence-electron chi connectivity index (χ3n) is 7.26. The van der Waals surface area contributed by atoms with Gasteiger partial charge in [0.15, 0.2) is 11.9 Å². The second-order valence-corrected chi connectivity index (χ2v) is 9.50. The maximum atomic E-state index is 6.06. The lowest BCUT2D eigenvalue weighted by Gasteiger charge is -2.40. The number of ether oxygens (including phenoxy) is 1. The highest BCUT2D eigenvalue weighted by atomic mass is 16.6. The fourth-order valence-corrected chi connectivity index (χ4v) is 5.59. The minimum atomic E-state index is 0.113. The van der Waals surface area contributed by atoms with Crippen LogP contribution in [0.5, 0.6) is 0 Å². The van der Waals surface area contributed by atoms with Crippen LogP contribution in [-0.2, 0) is 9.57 Å². The zero-order valence-corrected chi connectivity index (χ0v) is 19.8. The van der Waals surface area contributed by atoms with E-state index in [0.717, 1.165) is 61.9 Å². The Morgan fingerprint density at radius 1 is 1.18 bits per heavy atom. The summed E-state index contributed by atoms with van der Waals surface area (Å²) >= 11 is 0. The first-order valence-electron chi connectivity index (χ1n) is 12.2. The van der Waals surface area contributed by atoms with Gasteiger partial charge >= 0.3 is 0 Å². The first kappa shape index (κ1) is 21.1. The standard InChI is InChI=1S/C27H31N5O2/c1-19-15-31(18-28-19)23-11-10-20(14-25(23)33-2)13-21-7-6-12-32-24-16-30(22-8-4-3-5-9-22)17-26(24)34-29-27(21)32/h3-5,8-9,11,13-15,18,20,24,26H,6-7,10,12,16-17H2,1-2H3. The smallest absolute Gasteiger partial charge is 0.171 e. The van der Waals surface area contributed by atoms with Crippen molar-refractivity contribution in [3.8, 4) is 0 Å². The molecule has 6 rings (SSSR count). The number of hydrogen-bond donors (Lipinski definition) is 0. The molecule has 1 aromatic carbocycles. The topological polar surface area (TPSA) is 55.1 Å². The number of anilines is 1. The van der Waals surface area contributed by atoms with E-state index in [9.17, 15) is 0 Å². The van der Waals surface area contributed by atoms with Crippen molar-refractivity contribution in [1.82, 2.24) is 14.5 Å². The van der Waals surface area contributed by atoms with Crippen LogP contribution in [0.15, 0.2) is 77.6 Å². The lowest BCUT2D eigenvalue weighted by Crippen LogP contribution is -2.53. The number of oxime groups is 1. The molecular formula is C27H31N5O2. The lowest BCUT2D eigenvalue weighted by atomic mass is 9.91. The van der Waals surface area contributed by atoms with Crippen LogP contribution in [0.25, 0.3) is 5.70 Å². The summed E-state index contributed by atoms with van der Waals surface area (Å²) in [5, 5.41) is 4.64. The number of allylic oxidation sites excluding steroid dienone is 4. The van der Waals surface area contributed by atoms with Crippen LogP contribution in [0.4, 0.5) is 5.69 Å². The number of hydrogen-bond acceptors (Lipinski definition) is 6. The van der Waals surface area contributed by atoms with Crippen molar-refractivity contribution >= 4 is 17.2 Å².